The van der Waals surface area contributed by atoms with E-state index < -0.39 is 0 Å². The van der Waals surface area contributed by atoms with Crippen molar-refractivity contribution < 1.29 is 0 Å². The van der Waals surface area contributed by atoms with Gasteiger partial charge < -0.3 is 5.32 Å². The molecule has 0 spiro atoms. The van der Waals surface area contributed by atoms with Gasteiger partial charge in [-0.2, -0.15) is 0 Å². The molecule has 1 aromatic carbocycles. The zero-order valence-corrected chi connectivity index (χ0v) is 15.1. The van der Waals surface area contributed by atoms with E-state index in [9.17, 15) is 0 Å². The van der Waals surface area contributed by atoms with Crippen LogP contribution in [-0.4, -0.2) is 6.54 Å². The summed E-state index contributed by atoms with van der Waals surface area (Å²) < 4.78 is 1.35. The lowest BCUT2D eigenvalue weighted by atomic mass is 9.98. The second kappa shape index (κ2) is 8.15. The maximum Gasteiger partial charge on any atom is 0.0656 e. The first kappa shape index (κ1) is 16.0. The molecule has 0 amide bonds. The molecule has 1 unspecified atom stereocenters. The van der Waals surface area contributed by atoms with Crippen LogP contribution in [0.1, 0.15) is 49.4 Å². The monoisotopic (exact) mass is 399 g/mol. The van der Waals surface area contributed by atoms with Crippen LogP contribution in [0.3, 0.4) is 0 Å². The predicted molar refractivity (Wildman–Crippen MR) is 97.6 cm³/mol. The van der Waals surface area contributed by atoms with Gasteiger partial charge in [-0.3, -0.25) is 0 Å². The van der Waals surface area contributed by atoms with Crippen LogP contribution in [0.2, 0.25) is 0 Å². The first-order valence-electron chi connectivity index (χ1n) is 7.30. The molecular weight excluding hydrogens is 377 g/mol. The molecule has 2 aromatic rings. The summed E-state index contributed by atoms with van der Waals surface area (Å²) in [6.07, 6.45) is 3.73. The summed E-state index contributed by atoms with van der Waals surface area (Å²) in [7, 11) is 0. The lowest BCUT2D eigenvalue weighted by Gasteiger charge is -2.17. The summed E-state index contributed by atoms with van der Waals surface area (Å²) in [6.45, 7) is 5.39. The van der Waals surface area contributed by atoms with Crippen LogP contribution in [0.4, 0.5) is 0 Å². The maximum atomic E-state index is 3.59. The highest BCUT2D eigenvalue weighted by molar-refractivity contribution is 14.1. The number of hydrogen-bond donors (Lipinski definition) is 1. The molecule has 2 rings (SSSR count). The average molecular weight is 399 g/mol. The molecule has 0 saturated heterocycles. The fourth-order valence-electron chi connectivity index (χ4n) is 2.36. The fraction of sp³-hybridized carbons (Fsp3) is 0.412. The summed E-state index contributed by atoms with van der Waals surface area (Å²) >= 11 is 4.21. The Balaban J connectivity index is 2.17. The minimum Gasteiger partial charge on any atom is -0.307 e. The average Bonchev–Trinajstić information content (AvgIpc) is 2.89. The smallest absolute Gasteiger partial charge is 0.0656 e. The number of thiophene rings is 1. The molecule has 0 aliphatic rings. The molecule has 0 radical (unpaired) electrons. The van der Waals surface area contributed by atoms with Gasteiger partial charge in [-0.05, 0) is 70.1 Å². The van der Waals surface area contributed by atoms with E-state index in [1.807, 2.05) is 11.3 Å². The molecule has 0 bridgehead atoms. The van der Waals surface area contributed by atoms with Gasteiger partial charge in [-0.25, -0.2) is 0 Å². The van der Waals surface area contributed by atoms with Crippen LogP contribution in [0.25, 0.3) is 0 Å². The Bertz CT molecular complexity index is 518. The molecule has 1 nitrogen and oxygen atoms in total. The normalized spacial score (nSPS) is 12.6. The molecule has 0 saturated carbocycles. The molecule has 3 heteroatoms. The molecule has 1 N–H and O–H groups in total. The molecule has 1 heterocycles. The predicted octanol–water partition coefficient (Wildman–Crippen LogP) is 5.39. The van der Waals surface area contributed by atoms with Gasteiger partial charge in [0, 0.05) is 0 Å². The minimum atomic E-state index is 0.319. The van der Waals surface area contributed by atoms with Crippen LogP contribution in [0.15, 0.2) is 35.7 Å². The van der Waals surface area contributed by atoms with Crippen molar-refractivity contribution in [2.45, 2.75) is 39.2 Å². The van der Waals surface area contributed by atoms with Gasteiger partial charge in [0.25, 0.3) is 0 Å². The van der Waals surface area contributed by atoms with Crippen molar-refractivity contribution in [3.8, 4) is 0 Å². The zero-order valence-electron chi connectivity index (χ0n) is 12.2. The van der Waals surface area contributed by atoms with Gasteiger partial charge in [-0.15, -0.1) is 11.3 Å². The Hall–Kier alpha value is -0.390. The maximum absolute atomic E-state index is 3.59. The summed E-state index contributed by atoms with van der Waals surface area (Å²) in [6, 6.07) is 11.7. The van der Waals surface area contributed by atoms with Crippen molar-refractivity contribution in [1.82, 2.24) is 5.32 Å². The summed E-state index contributed by atoms with van der Waals surface area (Å²) in [5.41, 5.74) is 4.19. The minimum absolute atomic E-state index is 0.319. The summed E-state index contributed by atoms with van der Waals surface area (Å²) in [5.74, 6) is 0. The lowest BCUT2D eigenvalue weighted by Crippen LogP contribution is -2.21. The Morgan fingerprint density at radius 3 is 2.45 bits per heavy atom. The number of unbranched alkanes of at least 4 members (excludes halogenated alkanes) is 1. The third-order valence-electron chi connectivity index (χ3n) is 3.46. The molecule has 0 fully saturated rings. The van der Waals surface area contributed by atoms with Gasteiger partial charge in [0.15, 0.2) is 0 Å². The van der Waals surface area contributed by atoms with Gasteiger partial charge in [0.2, 0.25) is 0 Å². The van der Waals surface area contributed by atoms with Crippen molar-refractivity contribution in [3.05, 3.63) is 55.3 Å². The van der Waals surface area contributed by atoms with Crippen molar-refractivity contribution in [2.75, 3.05) is 6.54 Å². The van der Waals surface area contributed by atoms with Crippen LogP contribution in [-0.2, 0) is 6.42 Å². The molecule has 0 aliphatic heterocycles. The van der Waals surface area contributed by atoms with Crippen LogP contribution in [0, 0.1) is 2.88 Å². The van der Waals surface area contributed by atoms with E-state index >= 15 is 0 Å². The highest BCUT2D eigenvalue weighted by Gasteiger charge is 2.14. The third-order valence-corrected chi connectivity index (χ3v) is 5.27. The number of hydrogen-bond acceptors (Lipinski definition) is 2. The lowest BCUT2D eigenvalue weighted by molar-refractivity contribution is 0.632. The quantitative estimate of drug-likeness (QED) is 0.616. The first-order valence-corrected chi connectivity index (χ1v) is 9.26. The standard InChI is InChI=1S/C17H22INS/c1-3-5-6-13-7-9-14(10-8-13)17(19-4-2)15-11-16(18)20-12-15/h7-12,17,19H,3-6H2,1-2H3. The number of aryl methyl sites for hydroxylation is 1. The highest BCUT2D eigenvalue weighted by atomic mass is 127. The number of nitrogens with one attached hydrogen (secondary N) is 1. The van der Waals surface area contributed by atoms with Crippen molar-refractivity contribution in [2.24, 2.45) is 0 Å². The molecule has 108 valence electrons. The Kier molecular flexibility index (Phi) is 6.52. The van der Waals surface area contributed by atoms with E-state index in [1.165, 1.54) is 38.8 Å². The van der Waals surface area contributed by atoms with E-state index in [2.05, 4.69) is 77.5 Å². The Morgan fingerprint density at radius 2 is 1.90 bits per heavy atom. The van der Waals surface area contributed by atoms with Crippen LogP contribution >= 0.6 is 33.9 Å². The third kappa shape index (κ3) is 4.30. The molecular formula is C17H22INS. The second-order valence-corrected chi connectivity index (χ2v) is 7.83. The van der Waals surface area contributed by atoms with Crippen LogP contribution in [0.5, 0.6) is 0 Å². The zero-order chi connectivity index (χ0) is 14.4. The summed E-state index contributed by atoms with van der Waals surface area (Å²) in [4.78, 5) is 0. The molecule has 1 atom stereocenters. The van der Waals surface area contributed by atoms with Gasteiger partial charge in [-0.1, -0.05) is 44.5 Å². The van der Waals surface area contributed by atoms with E-state index in [0.717, 1.165) is 6.54 Å². The number of benzene rings is 1. The van der Waals surface area contributed by atoms with E-state index in [0.29, 0.717) is 6.04 Å². The molecule has 0 aliphatic carbocycles. The first-order chi connectivity index (χ1) is 9.74. The Labute approximate surface area is 139 Å². The van der Waals surface area contributed by atoms with Gasteiger partial charge in [0.1, 0.15) is 0 Å². The van der Waals surface area contributed by atoms with Crippen molar-refractivity contribution in [3.63, 3.8) is 0 Å². The largest absolute Gasteiger partial charge is 0.307 e. The number of halogens is 1. The Morgan fingerprint density at radius 1 is 1.15 bits per heavy atom. The molecule has 1 aromatic heterocycles. The van der Waals surface area contributed by atoms with Crippen LogP contribution < -0.4 is 5.32 Å². The fourth-order valence-corrected chi connectivity index (χ4v) is 3.76. The van der Waals surface area contributed by atoms with E-state index in [4.69, 9.17) is 0 Å². The van der Waals surface area contributed by atoms with E-state index in [1.54, 1.807) is 0 Å². The van der Waals surface area contributed by atoms with Gasteiger partial charge in [0.05, 0.1) is 8.93 Å². The SMILES string of the molecule is CCCCc1ccc(C(NCC)c2csc(I)c2)cc1. The topological polar surface area (TPSA) is 12.0 Å². The van der Waals surface area contributed by atoms with Gasteiger partial charge >= 0.3 is 0 Å². The van der Waals surface area contributed by atoms with E-state index in [-0.39, 0.29) is 0 Å². The number of rotatable bonds is 7. The highest BCUT2D eigenvalue weighted by Crippen LogP contribution is 2.27. The van der Waals surface area contributed by atoms with Crippen molar-refractivity contribution >= 4 is 33.9 Å². The molecule has 20 heavy (non-hydrogen) atoms. The summed E-state index contributed by atoms with van der Waals surface area (Å²) in [5, 5.41) is 5.86. The van der Waals surface area contributed by atoms with Crippen molar-refractivity contribution in [1.29, 1.82) is 0 Å². The second-order valence-electron chi connectivity index (χ2n) is 5.02.